The van der Waals surface area contributed by atoms with E-state index in [2.05, 4.69) is 37.5 Å². The third kappa shape index (κ3) is 5.14. The van der Waals surface area contributed by atoms with E-state index in [1.54, 1.807) is 0 Å². The molecule has 1 aliphatic carbocycles. The second kappa shape index (κ2) is 9.07. The van der Waals surface area contributed by atoms with Gasteiger partial charge in [-0.05, 0) is 42.1 Å². The van der Waals surface area contributed by atoms with Crippen molar-refractivity contribution >= 4 is 22.8 Å². The van der Waals surface area contributed by atoms with Crippen molar-refractivity contribution < 1.29 is 18.6 Å². The maximum absolute atomic E-state index is 12.4. The van der Waals surface area contributed by atoms with Crippen LogP contribution in [-0.2, 0) is 17.9 Å². The van der Waals surface area contributed by atoms with Gasteiger partial charge in [0.25, 0.3) is 5.91 Å². The van der Waals surface area contributed by atoms with Crippen LogP contribution in [0.4, 0.5) is 4.39 Å². The lowest BCUT2D eigenvalue weighted by Gasteiger charge is -2.06. The monoisotopic (exact) mass is 426 g/mol. The molecule has 0 radical (unpaired) electrons. The fourth-order valence-electron chi connectivity index (χ4n) is 3.24. The van der Waals surface area contributed by atoms with E-state index in [9.17, 15) is 14.0 Å². The number of amides is 2. The summed E-state index contributed by atoms with van der Waals surface area (Å²) in [6, 6.07) is 5.59. The number of hydrogen-bond acceptors (Lipinski definition) is 6. The van der Waals surface area contributed by atoms with Gasteiger partial charge in [-0.2, -0.15) is 0 Å². The zero-order valence-electron chi connectivity index (χ0n) is 16.9. The Morgan fingerprint density at radius 3 is 2.84 bits per heavy atom. The molecular formula is C21H23FN6O3. The first kappa shape index (κ1) is 20.7. The number of hydrogen-bond donors (Lipinski definition) is 3. The lowest BCUT2D eigenvalue weighted by Crippen LogP contribution is -2.24. The van der Waals surface area contributed by atoms with Gasteiger partial charge in [0.15, 0.2) is 5.69 Å². The summed E-state index contributed by atoms with van der Waals surface area (Å²) in [5.74, 6) is 0.316. The van der Waals surface area contributed by atoms with Gasteiger partial charge in [0.05, 0.1) is 24.3 Å². The smallest absolute Gasteiger partial charge is 0.275 e. The van der Waals surface area contributed by atoms with E-state index in [1.807, 2.05) is 18.2 Å². The number of carbonyl (C=O) groups excluding carboxylic acids is 2. The van der Waals surface area contributed by atoms with Crippen LogP contribution in [0.15, 0.2) is 35.0 Å². The first-order chi connectivity index (χ1) is 15.0. The van der Waals surface area contributed by atoms with E-state index in [-0.39, 0.29) is 42.8 Å². The average molecular weight is 426 g/mol. The molecule has 0 atom stereocenters. The molecule has 2 amide bonds. The van der Waals surface area contributed by atoms with Crippen LogP contribution < -0.4 is 10.6 Å². The molecule has 2 heterocycles. The molecule has 2 aromatic heterocycles. The Kier molecular flexibility index (Phi) is 6.06. The van der Waals surface area contributed by atoms with E-state index in [0.717, 1.165) is 29.4 Å². The standard InChI is InChI=1S/C21H23FN6O3/c1-12(6-7-22)8-18(29)23-10-13-2-5-15-16(9-13)26-17(25-15)11-24-21(30)20-19(14-3-4-14)27-31-28-20/h2,5,9,14H,1,3-4,6-8,10-11H2,(H,23,29)(H,24,30)(H,25,26). The Hall–Kier alpha value is -3.56. The Labute approximate surface area is 177 Å². The summed E-state index contributed by atoms with van der Waals surface area (Å²) in [7, 11) is 0. The van der Waals surface area contributed by atoms with Crippen LogP contribution in [0.5, 0.6) is 0 Å². The van der Waals surface area contributed by atoms with Gasteiger partial charge in [-0.15, -0.1) is 0 Å². The van der Waals surface area contributed by atoms with Crippen LogP contribution in [0.3, 0.4) is 0 Å². The van der Waals surface area contributed by atoms with E-state index >= 15 is 0 Å². The predicted molar refractivity (Wildman–Crippen MR) is 110 cm³/mol. The summed E-state index contributed by atoms with van der Waals surface area (Å²) in [5, 5.41) is 13.1. The van der Waals surface area contributed by atoms with Crippen LogP contribution in [0.2, 0.25) is 0 Å². The number of aromatic nitrogens is 4. The molecule has 4 rings (SSSR count). The number of aromatic amines is 1. The molecule has 0 aliphatic heterocycles. The van der Waals surface area contributed by atoms with Crippen molar-refractivity contribution in [2.24, 2.45) is 0 Å². The number of carbonyl (C=O) groups is 2. The Morgan fingerprint density at radius 2 is 2.06 bits per heavy atom. The van der Waals surface area contributed by atoms with E-state index < -0.39 is 6.67 Å². The maximum atomic E-state index is 12.4. The van der Waals surface area contributed by atoms with Gasteiger partial charge in [0.2, 0.25) is 5.91 Å². The van der Waals surface area contributed by atoms with Crippen molar-refractivity contribution in [3.8, 4) is 0 Å². The molecule has 9 nitrogen and oxygen atoms in total. The maximum Gasteiger partial charge on any atom is 0.275 e. The van der Waals surface area contributed by atoms with Crippen LogP contribution >= 0.6 is 0 Å². The van der Waals surface area contributed by atoms with Gasteiger partial charge in [-0.25, -0.2) is 9.61 Å². The fraction of sp³-hybridized carbons (Fsp3) is 0.381. The number of H-pyrrole nitrogens is 1. The number of nitrogens with zero attached hydrogens (tertiary/aromatic N) is 3. The number of imidazole rings is 1. The number of halogens is 1. The molecule has 31 heavy (non-hydrogen) atoms. The molecule has 0 spiro atoms. The third-order valence-corrected chi connectivity index (χ3v) is 5.05. The highest BCUT2D eigenvalue weighted by atomic mass is 19.1. The first-order valence-corrected chi connectivity index (χ1v) is 10.1. The molecule has 0 unspecified atom stereocenters. The summed E-state index contributed by atoms with van der Waals surface area (Å²) in [5.41, 5.74) is 3.84. The molecule has 3 N–H and O–H groups in total. The first-order valence-electron chi connectivity index (χ1n) is 10.1. The van der Waals surface area contributed by atoms with E-state index in [0.29, 0.717) is 23.6 Å². The summed E-state index contributed by atoms with van der Waals surface area (Å²) < 4.78 is 17.0. The lowest BCUT2D eigenvalue weighted by molar-refractivity contribution is -0.120. The Bertz CT molecular complexity index is 1120. The van der Waals surface area contributed by atoms with Crippen molar-refractivity contribution in [1.82, 2.24) is 30.9 Å². The van der Waals surface area contributed by atoms with Gasteiger partial charge >= 0.3 is 0 Å². The minimum atomic E-state index is -0.511. The van der Waals surface area contributed by atoms with Crippen molar-refractivity contribution in [3.63, 3.8) is 0 Å². The van der Waals surface area contributed by atoms with Crippen LogP contribution in [0, 0.1) is 0 Å². The number of fused-ring (bicyclic) bond motifs is 1. The highest BCUT2D eigenvalue weighted by molar-refractivity contribution is 5.93. The molecule has 1 aromatic carbocycles. The highest BCUT2D eigenvalue weighted by Gasteiger charge is 2.33. The average Bonchev–Trinajstić information content (AvgIpc) is 3.32. The second-order valence-electron chi connectivity index (χ2n) is 7.63. The zero-order valence-corrected chi connectivity index (χ0v) is 16.9. The Morgan fingerprint density at radius 1 is 1.23 bits per heavy atom. The number of rotatable bonds is 10. The summed E-state index contributed by atoms with van der Waals surface area (Å²) in [6.07, 6.45) is 2.30. The van der Waals surface area contributed by atoms with Crippen molar-refractivity contribution in [1.29, 1.82) is 0 Å². The molecule has 10 heteroatoms. The molecule has 1 aliphatic rings. The lowest BCUT2D eigenvalue weighted by atomic mass is 10.1. The summed E-state index contributed by atoms with van der Waals surface area (Å²) >= 11 is 0. The topological polar surface area (TPSA) is 126 Å². The van der Waals surface area contributed by atoms with Crippen LogP contribution in [-0.4, -0.2) is 38.8 Å². The minimum absolute atomic E-state index is 0.115. The van der Waals surface area contributed by atoms with Crippen LogP contribution in [0.1, 0.15) is 59.2 Å². The van der Waals surface area contributed by atoms with Gasteiger partial charge in [-0.1, -0.05) is 23.4 Å². The van der Waals surface area contributed by atoms with Gasteiger partial charge in [-0.3, -0.25) is 14.0 Å². The zero-order chi connectivity index (χ0) is 21.8. The normalized spacial score (nSPS) is 13.3. The van der Waals surface area contributed by atoms with Crippen molar-refractivity contribution in [2.75, 3.05) is 6.67 Å². The van der Waals surface area contributed by atoms with Gasteiger partial charge in [0.1, 0.15) is 11.5 Å². The van der Waals surface area contributed by atoms with Crippen molar-refractivity contribution in [2.45, 2.75) is 44.7 Å². The quantitative estimate of drug-likeness (QED) is 0.428. The largest absolute Gasteiger partial charge is 0.352 e. The summed E-state index contributed by atoms with van der Waals surface area (Å²) in [4.78, 5) is 31.9. The number of alkyl halides is 1. The van der Waals surface area contributed by atoms with E-state index in [4.69, 9.17) is 4.63 Å². The Balaban J connectivity index is 1.33. The highest BCUT2D eigenvalue weighted by Crippen LogP contribution is 2.40. The predicted octanol–water partition coefficient (Wildman–Crippen LogP) is 2.68. The number of nitrogens with one attached hydrogen (secondary N) is 3. The van der Waals surface area contributed by atoms with Crippen LogP contribution in [0.25, 0.3) is 11.0 Å². The van der Waals surface area contributed by atoms with Gasteiger partial charge in [0, 0.05) is 18.9 Å². The van der Waals surface area contributed by atoms with Crippen molar-refractivity contribution in [3.05, 3.63) is 53.1 Å². The summed E-state index contributed by atoms with van der Waals surface area (Å²) in [6.45, 7) is 3.72. The SMILES string of the molecule is C=C(CCF)CC(=O)NCc1ccc2nc(CNC(=O)c3nonc3C3CC3)[nH]c2c1. The molecule has 3 aromatic rings. The molecule has 0 bridgehead atoms. The number of benzene rings is 1. The molecule has 162 valence electrons. The molecule has 1 fully saturated rings. The molecular weight excluding hydrogens is 403 g/mol. The second-order valence-corrected chi connectivity index (χ2v) is 7.63. The molecule has 0 saturated heterocycles. The third-order valence-electron chi connectivity index (χ3n) is 5.05. The van der Waals surface area contributed by atoms with E-state index in [1.165, 1.54) is 0 Å². The fourth-order valence-corrected chi connectivity index (χ4v) is 3.24. The molecule has 1 saturated carbocycles. The van der Waals surface area contributed by atoms with Gasteiger partial charge < -0.3 is 15.6 Å². The minimum Gasteiger partial charge on any atom is -0.352 e.